The highest BCUT2D eigenvalue weighted by molar-refractivity contribution is 7.89. The van der Waals surface area contributed by atoms with Crippen molar-refractivity contribution in [1.82, 2.24) is 14.9 Å². The maximum absolute atomic E-state index is 12.9. The molecule has 2 N–H and O–H groups in total. The molecule has 0 spiro atoms. The van der Waals surface area contributed by atoms with E-state index in [0.717, 1.165) is 31.6 Å². The molecule has 0 fully saturated rings. The number of carbonyl (C=O) groups is 1. The Balaban J connectivity index is 0.00000576. The Morgan fingerprint density at radius 2 is 1.80 bits per heavy atom. The highest BCUT2D eigenvalue weighted by Gasteiger charge is 2.20. The summed E-state index contributed by atoms with van der Waals surface area (Å²) in [6.45, 7) is 4.49. The molecular formula is C16H27ClFN3O3S. The van der Waals surface area contributed by atoms with Crippen molar-refractivity contribution < 1.29 is 17.6 Å². The van der Waals surface area contributed by atoms with Gasteiger partial charge in [-0.05, 0) is 43.7 Å². The van der Waals surface area contributed by atoms with Crippen molar-refractivity contribution in [3.05, 3.63) is 30.1 Å². The largest absolute Gasteiger partial charge is 0.355 e. The molecule has 0 bridgehead atoms. The first-order valence-corrected chi connectivity index (χ1v) is 9.51. The minimum atomic E-state index is -3.66. The summed E-state index contributed by atoms with van der Waals surface area (Å²) in [5.74, 6) is -0.581. The van der Waals surface area contributed by atoms with Crippen molar-refractivity contribution in [1.29, 1.82) is 0 Å². The van der Waals surface area contributed by atoms with Gasteiger partial charge in [-0.15, -0.1) is 12.4 Å². The van der Waals surface area contributed by atoms with Gasteiger partial charge in [0.25, 0.3) is 0 Å². The molecule has 0 atom stereocenters. The third-order valence-corrected chi connectivity index (χ3v) is 5.32. The molecule has 0 aliphatic heterocycles. The van der Waals surface area contributed by atoms with Gasteiger partial charge < -0.3 is 10.6 Å². The minimum Gasteiger partial charge on any atom is -0.355 e. The molecule has 144 valence electrons. The molecule has 9 heteroatoms. The van der Waals surface area contributed by atoms with E-state index in [1.54, 1.807) is 0 Å². The van der Waals surface area contributed by atoms with Crippen LogP contribution in [-0.2, 0) is 14.8 Å². The zero-order valence-corrected chi connectivity index (χ0v) is 16.3. The Morgan fingerprint density at radius 1 is 1.16 bits per heavy atom. The van der Waals surface area contributed by atoms with Crippen LogP contribution in [0.4, 0.5) is 4.39 Å². The van der Waals surface area contributed by atoms with Crippen molar-refractivity contribution in [3.8, 4) is 0 Å². The van der Waals surface area contributed by atoms with Gasteiger partial charge in [0.1, 0.15) is 5.82 Å². The quantitative estimate of drug-likeness (QED) is 0.560. The summed E-state index contributed by atoms with van der Waals surface area (Å²) in [6.07, 6.45) is 1.73. The Labute approximate surface area is 155 Å². The van der Waals surface area contributed by atoms with E-state index in [1.807, 2.05) is 0 Å². The maximum Gasteiger partial charge on any atom is 0.242 e. The molecule has 1 rings (SSSR count). The van der Waals surface area contributed by atoms with Crippen LogP contribution in [0.15, 0.2) is 29.2 Å². The number of halogens is 2. The molecule has 6 nitrogen and oxygen atoms in total. The summed E-state index contributed by atoms with van der Waals surface area (Å²) >= 11 is 0. The first-order valence-electron chi connectivity index (χ1n) is 8.07. The van der Waals surface area contributed by atoms with Gasteiger partial charge in [-0.2, -0.15) is 0 Å². The number of carbonyl (C=O) groups excluding carboxylic acids is 1. The predicted octanol–water partition coefficient (Wildman–Crippen LogP) is 1.76. The molecule has 1 aromatic carbocycles. The second-order valence-corrected chi connectivity index (χ2v) is 7.53. The van der Waals surface area contributed by atoms with E-state index in [1.165, 1.54) is 23.5 Å². The molecule has 25 heavy (non-hydrogen) atoms. The average Bonchev–Trinajstić information content (AvgIpc) is 2.55. The van der Waals surface area contributed by atoms with Gasteiger partial charge in [0.05, 0.1) is 4.90 Å². The molecule has 0 heterocycles. The third-order valence-electron chi connectivity index (χ3n) is 3.45. The lowest BCUT2D eigenvalue weighted by molar-refractivity contribution is -0.121. The summed E-state index contributed by atoms with van der Waals surface area (Å²) in [7, 11) is -2.21. The van der Waals surface area contributed by atoms with Gasteiger partial charge >= 0.3 is 0 Å². The van der Waals surface area contributed by atoms with Crippen LogP contribution in [0.3, 0.4) is 0 Å². The van der Waals surface area contributed by atoms with Gasteiger partial charge in [0.2, 0.25) is 15.9 Å². The summed E-state index contributed by atoms with van der Waals surface area (Å²) in [5, 5.41) is 5.96. The number of sulfonamides is 1. The summed E-state index contributed by atoms with van der Waals surface area (Å²) in [4.78, 5) is 11.7. The Morgan fingerprint density at radius 3 is 2.40 bits per heavy atom. The summed E-state index contributed by atoms with van der Waals surface area (Å²) in [5.41, 5.74) is 0. The second kappa shape index (κ2) is 12.2. The smallest absolute Gasteiger partial charge is 0.242 e. The number of benzene rings is 1. The van der Waals surface area contributed by atoms with E-state index in [4.69, 9.17) is 0 Å². The maximum atomic E-state index is 12.9. The van der Waals surface area contributed by atoms with Crippen molar-refractivity contribution in [2.24, 2.45) is 0 Å². The Bertz CT molecular complexity index is 612. The van der Waals surface area contributed by atoms with Gasteiger partial charge in [-0.3, -0.25) is 4.79 Å². The number of nitrogens with zero attached hydrogens (tertiary/aromatic N) is 1. The average molecular weight is 396 g/mol. The minimum absolute atomic E-state index is 0. The zero-order valence-electron chi connectivity index (χ0n) is 14.6. The van der Waals surface area contributed by atoms with Gasteiger partial charge in [-0.25, -0.2) is 17.1 Å². The SMILES string of the molecule is CCCNCCNC(=O)CCCN(C)S(=O)(=O)c1ccc(F)cc1.Cl. The van der Waals surface area contributed by atoms with E-state index in [0.29, 0.717) is 13.0 Å². The van der Waals surface area contributed by atoms with Gasteiger partial charge in [-0.1, -0.05) is 6.92 Å². The van der Waals surface area contributed by atoms with Crippen LogP contribution in [0, 0.1) is 5.82 Å². The van der Waals surface area contributed by atoms with E-state index in [-0.39, 0.29) is 36.2 Å². The van der Waals surface area contributed by atoms with Crippen LogP contribution in [0.1, 0.15) is 26.2 Å². The van der Waals surface area contributed by atoms with Crippen LogP contribution in [0.2, 0.25) is 0 Å². The molecule has 0 radical (unpaired) electrons. The lowest BCUT2D eigenvalue weighted by atomic mass is 10.3. The number of hydrogen-bond donors (Lipinski definition) is 2. The number of amides is 1. The first-order chi connectivity index (χ1) is 11.4. The molecule has 0 saturated heterocycles. The number of rotatable bonds is 11. The molecule has 0 aliphatic carbocycles. The predicted molar refractivity (Wildman–Crippen MR) is 98.9 cm³/mol. The van der Waals surface area contributed by atoms with E-state index >= 15 is 0 Å². The van der Waals surface area contributed by atoms with Crippen molar-refractivity contribution in [2.45, 2.75) is 31.1 Å². The van der Waals surface area contributed by atoms with Crippen molar-refractivity contribution in [2.75, 3.05) is 33.2 Å². The van der Waals surface area contributed by atoms with Gasteiger partial charge in [0, 0.05) is 33.1 Å². The second-order valence-electron chi connectivity index (χ2n) is 5.48. The number of hydrogen-bond acceptors (Lipinski definition) is 4. The van der Waals surface area contributed by atoms with Gasteiger partial charge in [0.15, 0.2) is 0 Å². The normalized spacial score (nSPS) is 11.2. The highest BCUT2D eigenvalue weighted by Crippen LogP contribution is 2.15. The van der Waals surface area contributed by atoms with Crippen molar-refractivity contribution >= 4 is 28.3 Å². The first kappa shape index (κ1) is 23.8. The lowest BCUT2D eigenvalue weighted by Crippen LogP contribution is -2.33. The fourth-order valence-corrected chi connectivity index (χ4v) is 3.26. The third kappa shape index (κ3) is 8.62. The topological polar surface area (TPSA) is 78.5 Å². The van der Waals surface area contributed by atoms with Crippen LogP contribution in [0.25, 0.3) is 0 Å². The summed E-state index contributed by atoms with van der Waals surface area (Å²) in [6, 6.07) is 4.69. The lowest BCUT2D eigenvalue weighted by Gasteiger charge is -2.17. The standard InChI is InChI=1S/C16H26FN3O3S.ClH/c1-3-10-18-11-12-19-16(21)5-4-13-20(2)24(22,23)15-8-6-14(17)7-9-15;/h6-9,18H,3-5,10-13H2,1-2H3,(H,19,21);1H. The van der Waals surface area contributed by atoms with Crippen LogP contribution in [-0.4, -0.2) is 51.9 Å². The monoisotopic (exact) mass is 395 g/mol. The fourth-order valence-electron chi connectivity index (χ4n) is 2.05. The molecule has 1 aromatic rings. The molecule has 0 aliphatic rings. The van der Waals surface area contributed by atoms with Crippen LogP contribution in [0.5, 0.6) is 0 Å². The molecule has 0 aromatic heterocycles. The Hall–Kier alpha value is -1.22. The zero-order chi connectivity index (χ0) is 18.0. The van der Waals surface area contributed by atoms with Crippen LogP contribution < -0.4 is 10.6 Å². The van der Waals surface area contributed by atoms with Crippen molar-refractivity contribution in [3.63, 3.8) is 0 Å². The molecule has 0 unspecified atom stereocenters. The molecule has 1 amide bonds. The molecule has 0 saturated carbocycles. The van der Waals surface area contributed by atoms with E-state index in [9.17, 15) is 17.6 Å². The van der Waals surface area contributed by atoms with E-state index in [2.05, 4.69) is 17.6 Å². The Kier molecular flexibility index (Phi) is 11.6. The highest BCUT2D eigenvalue weighted by atomic mass is 35.5. The van der Waals surface area contributed by atoms with E-state index < -0.39 is 15.8 Å². The number of nitrogens with one attached hydrogen (secondary N) is 2. The fraction of sp³-hybridized carbons (Fsp3) is 0.562. The summed E-state index contributed by atoms with van der Waals surface area (Å²) < 4.78 is 38.6. The molecular weight excluding hydrogens is 369 g/mol. The van der Waals surface area contributed by atoms with Crippen LogP contribution >= 0.6 is 12.4 Å².